The molecule has 122 valence electrons. The van der Waals surface area contributed by atoms with Gasteiger partial charge in [0.15, 0.2) is 0 Å². The fraction of sp³-hybridized carbons (Fsp3) is 0.684. The van der Waals surface area contributed by atoms with Crippen LogP contribution in [0.5, 0.6) is 0 Å². The Morgan fingerprint density at radius 1 is 1.23 bits per heavy atom. The third-order valence-electron chi connectivity index (χ3n) is 5.43. The number of aliphatic hydroxyl groups is 1. The van der Waals surface area contributed by atoms with Gasteiger partial charge in [0.1, 0.15) is 0 Å². The Kier molecular flexibility index (Phi) is 5.04. The predicted octanol–water partition coefficient (Wildman–Crippen LogP) is 3.22. The lowest BCUT2D eigenvalue weighted by molar-refractivity contribution is 0.125. The number of piperidine rings is 1. The van der Waals surface area contributed by atoms with Crippen LogP contribution in [0.3, 0.4) is 0 Å². The summed E-state index contributed by atoms with van der Waals surface area (Å²) in [5.41, 5.74) is 3.84. The molecule has 1 aromatic carbocycles. The molecule has 0 spiro atoms. The molecule has 3 heteroatoms. The molecule has 2 aliphatic rings. The molecule has 0 amide bonds. The van der Waals surface area contributed by atoms with Crippen molar-refractivity contribution in [2.45, 2.75) is 45.1 Å². The molecule has 2 aliphatic heterocycles. The summed E-state index contributed by atoms with van der Waals surface area (Å²) >= 11 is 0. The zero-order valence-corrected chi connectivity index (χ0v) is 14.1. The maximum absolute atomic E-state index is 10.5. The van der Waals surface area contributed by atoms with E-state index in [9.17, 15) is 5.11 Å². The highest BCUT2D eigenvalue weighted by Gasteiger charge is 2.19. The molecular formula is C19H30N2O. The number of benzene rings is 1. The fourth-order valence-electron chi connectivity index (χ4n) is 3.77. The van der Waals surface area contributed by atoms with E-state index in [1.165, 1.54) is 43.6 Å². The van der Waals surface area contributed by atoms with Crippen molar-refractivity contribution in [3.63, 3.8) is 0 Å². The molecule has 0 aromatic heterocycles. The number of hydrogen-bond acceptors (Lipinski definition) is 3. The smallest absolute Gasteiger partial charge is 0.0802 e. The van der Waals surface area contributed by atoms with Gasteiger partial charge in [-0.2, -0.15) is 0 Å². The van der Waals surface area contributed by atoms with Crippen molar-refractivity contribution in [3.05, 3.63) is 29.3 Å². The van der Waals surface area contributed by atoms with Gasteiger partial charge in [0.25, 0.3) is 0 Å². The lowest BCUT2D eigenvalue weighted by Crippen LogP contribution is -2.34. The SMILES string of the molecule is CC1CCN(CCC(O)c2ccc3c(c2)CCCN3C)CC1. The summed E-state index contributed by atoms with van der Waals surface area (Å²) < 4.78 is 0. The van der Waals surface area contributed by atoms with E-state index in [-0.39, 0.29) is 6.10 Å². The standard InChI is InChI=1S/C19H30N2O/c1-15-7-11-21(12-8-15)13-9-19(22)17-5-6-18-16(14-17)4-3-10-20(18)2/h5-6,14-15,19,22H,3-4,7-13H2,1-2H3. The second kappa shape index (κ2) is 7.01. The number of fused-ring (bicyclic) bond motifs is 1. The molecular weight excluding hydrogens is 272 g/mol. The van der Waals surface area contributed by atoms with Gasteiger partial charge in [-0.3, -0.25) is 0 Å². The van der Waals surface area contributed by atoms with Gasteiger partial charge in [0.2, 0.25) is 0 Å². The highest BCUT2D eigenvalue weighted by atomic mass is 16.3. The Balaban J connectivity index is 1.57. The Hall–Kier alpha value is -1.06. The van der Waals surface area contributed by atoms with Crippen molar-refractivity contribution >= 4 is 5.69 Å². The summed E-state index contributed by atoms with van der Waals surface area (Å²) in [7, 11) is 2.16. The number of nitrogens with zero attached hydrogens (tertiary/aromatic N) is 2. The van der Waals surface area contributed by atoms with Gasteiger partial charge in [0, 0.05) is 25.8 Å². The van der Waals surface area contributed by atoms with E-state index in [2.05, 4.69) is 42.0 Å². The molecule has 1 aromatic rings. The van der Waals surface area contributed by atoms with Crippen LogP contribution in [0.2, 0.25) is 0 Å². The molecule has 3 nitrogen and oxygen atoms in total. The molecule has 22 heavy (non-hydrogen) atoms. The normalized spacial score (nSPS) is 21.7. The number of rotatable bonds is 4. The van der Waals surface area contributed by atoms with E-state index in [0.29, 0.717) is 0 Å². The second-order valence-corrected chi connectivity index (χ2v) is 7.24. The molecule has 1 N–H and O–H groups in total. The van der Waals surface area contributed by atoms with Gasteiger partial charge in [-0.1, -0.05) is 19.1 Å². The minimum Gasteiger partial charge on any atom is -0.388 e. The zero-order chi connectivity index (χ0) is 15.5. The number of anilines is 1. The lowest BCUT2D eigenvalue weighted by atomic mass is 9.96. The number of aliphatic hydroxyl groups excluding tert-OH is 1. The molecule has 0 aliphatic carbocycles. The van der Waals surface area contributed by atoms with Crippen LogP contribution in [0.15, 0.2) is 18.2 Å². The maximum Gasteiger partial charge on any atom is 0.0802 e. The van der Waals surface area contributed by atoms with Gasteiger partial charge < -0.3 is 14.9 Å². The first-order valence-corrected chi connectivity index (χ1v) is 8.88. The Morgan fingerprint density at radius 2 is 2.00 bits per heavy atom. The van der Waals surface area contributed by atoms with Gasteiger partial charge >= 0.3 is 0 Å². The highest BCUT2D eigenvalue weighted by Crippen LogP contribution is 2.29. The van der Waals surface area contributed by atoms with Crippen molar-refractivity contribution in [1.82, 2.24) is 4.90 Å². The Labute approximate surface area is 134 Å². The average molecular weight is 302 g/mol. The second-order valence-electron chi connectivity index (χ2n) is 7.24. The van der Waals surface area contributed by atoms with E-state index in [1.807, 2.05) is 0 Å². The number of hydrogen-bond donors (Lipinski definition) is 1. The van der Waals surface area contributed by atoms with Crippen LogP contribution in [0, 0.1) is 5.92 Å². The number of aryl methyl sites for hydroxylation is 1. The third-order valence-corrected chi connectivity index (χ3v) is 5.43. The van der Waals surface area contributed by atoms with Gasteiger partial charge in [-0.25, -0.2) is 0 Å². The van der Waals surface area contributed by atoms with Crippen LogP contribution in [-0.2, 0) is 6.42 Å². The van der Waals surface area contributed by atoms with Crippen molar-refractivity contribution in [1.29, 1.82) is 0 Å². The first kappa shape index (κ1) is 15.8. The highest BCUT2D eigenvalue weighted by molar-refractivity contribution is 5.56. The first-order chi connectivity index (χ1) is 10.6. The Bertz CT molecular complexity index is 494. The minimum absolute atomic E-state index is 0.322. The molecule has 1 atom stereocenters. The van der Waals surface area contributed by atoms with Crippen LogP contribution in [-0.4, -0.2) is 43.2 Å². The molecule has 1 unspecified atom stereocenters. The molecule has 2 heterocycles. The molecule has 1 saturated heterocycles. The van der Waals surface area contributed by atoms with Gasteiger partial charge in [0.05, 0.1) is 6.10 Å². The number of likely N-dealkylation sites (tertiary alicyclic amines) is 1. The fourth-order valence-corrected chi connectivity index (χ4v) is 3.77. The molecule has 1 fully saturated rings. The van der Waals surface area contributed by atoms with E-state index in [4.69, 9.17) is 0 Å². The van der Waals surface area contributed by atoms with Crippen LogP contribution < -0.4 is 4.90 Å². The lowest BCUT2D eigenvalue weighted by Gasteiger charge is -2.31. The largest absolute Gasteiger partial charge is 0.388 e. The summed E-state index contributed by atoms with van der Waals surface area (Å²) in [5.74, 6) is 0.874. The minimum atomic E-state index is -0.322. The van der Waals surface area contributed by atoms with Crippen molar-refractivity contribution in [2.24, 2.45) is 5.92 Å². The quantitative estimate of drug-likeness (QED) is 0.925. The maximum atomic E-state index is 10.5. The third kappa shape index (κ3) is 3.64. The van der Waals surface area contributed by atoms with Gasteiger partial charge in [-0.15, -0.1) is 0 Å². The molecule has 0 saturated carbocycles. The summed E-state index contributed by atoms with van der Waals surface area (Å²) in [5, 5.41) is 10.5. The van der Waals surface area contributed by atoms with Crippen LogP contribution in [0.4, 0.5) is 5.69 Å². The van der Waals surface area contributed by atoms with E-state index < -0.39 is 0 Å². The predicted molar refractivity (Wildman–Crippen MR) is 92.4 cm³/mol. The average Bonchev–Trinajstić information content (AvgIpc) is 2.54. The monoisotopic (exact) mass is 302 g/mol. The van der Waals surface area contributed by atoms with Crippen molar-refractivity contribution in [2.75, 3.05) is 38.1 Å². The summed E-state index contributed by atoms with van der Waals surface area (Å²) in [6.07, 6.45) is 5.50. The van der Waals surface area contributed by atoms with Crippen LogP contribution >= 0.6 is 0 Å². The van der Waals surface area contributed by atoms with Crippen LogP contribution in [0.25, 0.3) is 0 Å². The topological polar surface area (TPSA) is 26.7 Å². The van der Waals surface area contributed by atoms with Crippen LogP contribution in [0.1, 0.15) is 49.8 Å². The van der Waals surface area contributed by atoms with E-state index in [0.717, 1.165) is 37.4 Å². The Morgan fingerprint density at radius 3 is 2.77 bits per heavy atom. The van der Waals surface area contributed by atoms with Crippen molar-refractivity contribution < 1.29 is 5.11 Å². The molecule has 0 bridgehead atoms. The van der Waals surface area contributed by atoms with E-state index >= 15 is 0 Å². The van der Waals surface area contributed by atoms with Crippen molar-refractivity contribution in [3.8, 4) is 0 Å². The van der Waals surface area contributed by atoms with E-state index in [1.54, 1.807) is 0 Å². The summed E-state index contributed by atoms with van der Waals surface area (Å²) in [6, 6.07) is 6.53. The first-order valence-electron chi connectivity index (χ1n) is 8.88. The van der Waals surface area contributed by atoms with Gasteiger partial charge in [-0.05, 0) is 68.3 Å². The molecule has 3 rings (SSSR count). The summed E-state index contributed by atoms with van der Waals surface area (Å²) in [4.78, 5) is 4.83. The molecule has 0 radical (unpaired) electrons. The zero-order valence-electron chi connectivity index (χ0n) is 14.1. The summed E-state index contributed by atoms with van der Waals surface area (Å²) in [6.45, 7) is 6.90.